The van der Waals surface area contributed by atoms with Crippen molar-refractivity contribution in [2.45, 2.75) is 12.3 Å². The van der Waals surface area contributed by atoms with Crippen molar-refractivity contribution >= 4 is 27.7 Å². The molecule has 0 saturated carbocycles. The summed E-state index contributed by atoms with van der Waals surface area (Å²) in [6, 6.07) is 8.65. The summed E-state index contributed by atoms with van der Waals surface area (Å²) in [5, 5.41) is 3.34. The zero-order valence-electron chi connectivity index (χ0n) is 9.58. The van der Waals surface area contributed by atoms with Crippen molar-refractivity contribution in [3.05, 3.63) is 34.3 Å². The first-order valence-electron chi connectivity index (χ1n) is 5.79. The average Bonchev–Trinajstić information content (AvgIpc) is 2.80. The molecule has 0 amide bonds. The lowest BCUT2D eigenvalue weighted by Gasteiger charge is -2.24. The van der Waals surface area contributed by atoms with Crippen molar-refractivity contribution in [1.29, 1.82) is 0 Å². The maximum absolute atomic E-state index is 3.68. The van der Waals surface area contributed by atoms with E-state index in [0.717, 1.165) is 12.5 Å². The van der Waals surface area contributed by atoms with Gasteiger partial charge in [0.25, 0.3) is 0 Å². The van der Waals surface area contributed by atoms with Gasteiger partial charge in [0.15, 0.2) is 0 Å². The SMILES string of the molecule is CNCC(c1ccccc1Br)C1CCSC1. The predicted octanol–water partition coefficient (Wildman–Crippen LogP) is 3.51. The zero-order valence-corrected chi connectivity index (χ0v) is 12.0. The molecule has 1 N–H and O–H groups in total. The van der Waals surface area contributed by atoms with Crippen LogP contribution in [0, 0.1) is 5.92 Å². The third-order valence-electron chi connectivity index (χ3n) is 3.26. The van der Waals surface area contributed by atoms with E-state index >= 15 is 0 Å². The molecule has 0 spiro atoms. The number of thioether (sulfide) groups is 1. The van der Waals surface area contributed by atoms with Crippen LogP contribution in [0.5, 0.6) is 0 Å². The van der Waals surface area contributed by atoms with Crippen LogP contribution in [0.25, 0.3) is 0 Å². The standard InChI is InChI=1S/C13H18BrNS/c1-15-8-12(10-6-7-16-9-10)11-4-2-3-5-13(11)14/h2-5,10,12,15H,6-9H2,1H3. The van der Waals surface area contributed by atoms with Gasteiger partial charge in [-0.1, -0.05) is 34.1 Å². The first kappa shape index (κ1) is 12.5. The van der Waals surface area contributed by atoms with Crippen molar-refractivity contribution in [3.8, 4) is 0 Å². The molecule has 2 rings (SSSR count). The number of hydrogen-bond donors (Lipinski definition) is 1. The number of likely N-dealkylation sites (N-methyl/N-ethyl adjacent to an activating group) is 1. The van der Waals surface area contributed by atoms with Crippen molar-refractivity contribution < 1.29 is 0 Å². The summed E-state index contributed by atoms with van der Waals surface area (Å²) >= 11 is 5.77. The second-order valence-corrected chi connectivity index (χ2v) is 6.31. The van der Waals surface area contributed by atoms with Gasteiger partial charge < -0.3 is 5.32 Å². The van der Waals surface area contributed by atoms with Crippen molar-refractivity contribution in [1.82, 2.24) is 5.32 Å². The molecule has 0 aromatic heterocycles. The minimum atomic E-state index is 0.649. The summed E-state index contributed by atoms with van der Waals surface area (Å²) in [6.45, 7) is 1.08. The van der Waals surface area contributed by atoms with Gasteiger partial charge in [-0.15, -0.1) is 0 Å². The van der Waals surface area contributed by atoms with Gasteiger partial charge in [-0.25, -0.2) is 0 Å². The van der Waals surface area contributed by atoms with Crippen LogP contribution in [0.4, 0.5) is 0 Å². The smallest absolute Gasteiger partial charge is 0.0210 e. The molecule has 1 fully saturated rings. The molecule has 1 nitrogen and oxygen atoms in total. The van der Waals surface area contributed by atoms with Gasteiger partial charge in [0.05, 0.1) is 0 Å². The molecular formula is C13H18BrNS. The molecule has 2 unspecified atom stereocenters. The first-order valence-corrected chi connectivity index (χ1v) is 7.74. The lowest BCUT2D eigenvalue weighted by molar-refractivity contribution is 0.451. The Labute approximate surface area is 111 Å². The zero-order chi connectivity index (χ0) is 11.4. The van der Waals surface area contributed by atoms with E-state index in [-0.39, 0.29) is 0 Å². The van der Waals surface area contributed by atoms with Crippen LogP contribution in [-0.2, 0) is 0 Å². The highest BCUT2D eigenvalue weighted by Crippen LogP contribution is 2.37. The highest BCUT2D eigenvalue weighted by atomic mass is 79.9. The van der Waals surface area contributed by atoms with Gasteiger partial charge in [-0.2, -0.15) is 11.8 Å². The van der Waals surface area contributed by atoms with Crippen LogP contribution < -0.4 is 5.32 Å². The topological polar surface area (TPSA) is 12.0 Å². The second-order valence-electron chi connectivity index (χ2n) is 4.31. The third kappa shape index (κ3) is 2.82. The minimum Gasteiger partial charge on any atom is -0.319 e. The van der Waals surface area contributed by atoms with Crippen LogP contribution in [0.2, 0.25) is 0 Å². The van der Waals surface area contributed by atoms with Gasteiger partial charge >= 0.3 is 0 Å². The highest BCUT2D eigenvalue weighted by Gasteiger charge is 2.27. The molecule has 1 saturated heterocycles. The Hall–Kier alpha value is 0.01000. The fourth-order valence-electron chi connectivity index (χ4n) is 2.40. The van der Waals surface area contributed by atoms with Gasteiger partial charge in [-0.3, -0.25) is 0 Å². The maximum atomic E-state index is 3.68. The van der Waals surface area contributed by atoms with E-state index in [2.05, 4.69) is 57.3 Å². The van der Waals surface area contributed by atoms with Crippen molar-refractivity contribution in [2.24, 2.45) is 5.92 Å². The van der Waals surface area contributed by atoms with Crippen LogP contribution in [0.3, 0.4) is 0 Å². The maximum Gasteiger partial charge on any atom is 0.0210 e. The summed E-state index contributed by atoms with van der Waals surface area (Å²) in [4.78, 5) is 0. The summed E-state index contributed by atoms with van der Waals surface area (Å²) in [7, 11) is 2.05. The third-order valence-corrected chi connectivity index (χ3v) is 5.17. The Morgan fingerprint density at radius 2 is 2.31 bits per heavy atom. The number of nitrogens with one attached hydrogen (secondary N) is 1. The molecule has 88 valence electrons. The van der Waals surface area contributed by atoms with E-state index in [4.69, 9.17) is 0 Å². The Morgan fingerprint density at radius 3 is 2.94 bits per heavy atom. The Morgan fingerprint density at radius 1 is 1.50 bits per heavy atom. The lowest BCUT2D eigenvalue weighted by atomic mass is 9.85. The van der Waals surface area contributed by atoms with E-state index in [1.807, 2.05) is 7.05 Å². The monoisotopic (exact) mass is 299 g/mol. The summed E-state index contributed by atoms with van der Waals surface area (Å²) in [5.41, 5.74) is 1.46. The molecule has 1 aromatic rings. The Kier molecular flexibility index (Phi) is 4.74. The van der Waals surface area contributed by atoms with Crippen LogP contribution in [-0.4, -0.2) is 25.1 Å². The van der Waals surface area contributed by atoms with E-state index in [1.165, 1.54) is 28.0 Å². The molecule has 1 heterocycles. The molecule has 1 aromatic carbocycles. The molecule has 1 aliphatic rings. The number of rotatable bonds is 4. The molecule has 3 heteroatoms. The summed E-state index contributed by atoms with van der Waals surface area (Å²) in [5.74, 6) is 4.12. The molecule has 0 radical (unpaired) electrons. The molecular weight excluding hydrogens is 282 g/mol. The van der Waals surface area contributed by atoms with Crippen LogP contribution >= 0.6 is 27.7 Å². The van der Waals surface area contributed by atoms with Crippen LogP contribution in [0.1, 0.15) is 17.9 Å². The van der Waals surface area contributed by atoms with Gasteiger partial charge in [-0.05, 0) is 42.5 Å². The molecule has 1 aliphatic heterocycles. The van der Waals surface area contributed by atoms with E-state index in [9.17, 15) is 0 Å². The van der Waals surface area contributed by atoms with Gasteiger partial charge in [0.1, 0.15) is 0 Å². The van der Waals surface area contributed by atoms with Crippen molar-refractivity contribution in [2.75, 3.05) is 25.1 Å². The Balaban J connectivity index is 2.21. The molecule has 16 heavy (non-hydrogen) atoms. The van der Waals surface area contributed by atoms with Gasteiger partial charge in [0, 0.05) is 16.9 Å². The number of hydrogen-bond acceptors (Lipinski definition) is 2. The normalized spacial score (nSPS) is 22.2. The average molecular weight is 300 g/mol. The highest BCUT2D eigenvalue weighted by molar-refractivity contribution is 9.10. The van der Waals surface area contributed by atoms with E-state index in [0.29, 0.717) is 5.92 Å². The van der Waals surface area contributed by atoms with Crippen LogP contribution in [0.15, 0.2) is 28.7 Å². The predicted molar refractivity (Wildman–Crippen MR) is 76.2 cm³/mol. The largest absolute Gasteiger partial charge is 0.319 e. The summed E-state index contributed by atoms with van der Waals surface area (Å²) < 4.78 is 1.26. The molecule has 0 aliphatic carbocycles. The fourth-order valence-corrected chi connectivity index (χ4v) is 4.31. The Bertz CT molecular complexity index is 336. The van der Waals surface area contributed by atoms with E-state index < -0.39 is 0 Å². The van der Waals surface area contributed by atoms with Crippen molar-refractivity contribution in [3.63, 3.8) is 0 Å². The molecule has 2 atom stereocenters. The summed E-state index contributed by atoms with van der Waals surface area (Å²) in [6.07, 6.45) is 1.36. The minimum absolute atomic E-state index is 0.649. The number of halogens is 1. The quantitative estimate of drug-likeness (QED) is 0.913. The molecule has 0 bridgehead atoms. The van der Waals surface area contributed by atoms with E-state index in [1.54, 1.807) is 0 Å². The fraction of sp³-hybridized carbons (Fsp3) is 0.538. The second kappa shape index (κ2) is 6.08. The first-order chi connectivity index (χ1) is 7.83. The number of benzene rings is 1. The lowest BCUT2D eigenvalue weighted by Crippen LogP contribution is -2.24. The van der Waals surface area contributed by atoms with Gasteiger partial charge in [0.2, 0.25) is 0 Å².